The number of nitrogens with one attached hydrogen (secondary N) is 1. The van der Waals surface area contributed by atoms with Gasteiger partial charge in [-0.1, -0.05) is 24.3 Å². The van der Waals surface area contributed by atoms with Gasteiger partial charge in [-0.15, -0.1) is 0 Å². The first-order valence-electron chi connectivity index (χ1n) is 7.73. The largest absolute Gasteiger partial charge is 0.497 e. The third kappa shape index (κ3) is 3.51. The lowest BCUT2D eigenvalue weighted by molar-refractivity contribution is -0.121. The van der Waals surface area contributed by atoms with Crippen molar-refractivity contribution >= 4 is 16.8 Å². The van der Waals surface area contributed by atoms with E-state index >= 15 is 0 Å². The molecule has 0 radical (unpaired) electrons. The fraction of sp³-hybridized carbons (Fsp3) is 0.167. The average Bonchev–Trinajstić information content (AvgIpc) is 2.65. The molecule has 0 aliphatic heterocycles. The van der Waals surface area contributed by atoms with Gasteiger partial charge in [0.15, 0.2) is 0 Å². The van der Waals surface area contributed by atoms with E-state index in [4.69, 9.17) is 10.6 Å². The smallest absolute Gasteiger partial charge is 0.261 e. The molecule has 0 aliphatic carbocycles. The predicted octanol–water partition coefficient (Wildman–Crippen LogP) is 0.986. The summed E-state index contributed by atoms with van der Waals surface area (Å²) in [4.78, 5) is 29.1. The van der Waals surface area contributed by atoms with Crippen molar-refractivity contribution in [3.63, 3.8) is 0 Å². The molecule has 0 bridgehead atoms. The Labute approximate surface area is 144 Å². The summed E-state index contributed by atoms with van der Waals surface area (Å²) < 4.78 is 6.51. The van der Waals surface area contributed by atoms with E-state index in [-0.39, 0.29) is 12.1 Å². The molecule has 1 aromatic heterocycles. The van der Waals surface area contributed by atoms with Gasteiger partial charge in [0, 0.05) is 6.42 Å². The van der Waals surface area contributed by atoms with Crippen LogP contribution in [0.5, 0.6) is 5.75 Å². The van der Waals surface area contributed by atoms with Crippen LogP contribution >= 0.6 is 0 Å². The average molecular weight is 338 g/mol. The molecule has 0 fully saturated rings. The van der Waals surface area contributed by atoms with E-state index in [1.807, 2.05) is 30.3 Å². The molecule has 3 rings (SSSR count). The van der Waals surface area contributed by atoms with Gasteiger partial charge in [0.1, 0.15) is 18.1 Å². The van der Waals surface area contributed by atoms with Crippen molar-refractivity contribution in [3.8, 4) is 5.75 Å². The molecule has 25 heavy (non-hydrogen) atoms. The lowest BCUT2D eigenvalue weighted by Crippen LogP contribution is -2.37. The summed E-state index contributed by atoms with van der Waals surface area (Å²) >= 11 is 0. The van der Waals surface area contributed by atoms with Gasteiger partial charge in [0.25, 0.3) is 11.5 Å². The number of hydrazine groups is 1. The third-order valence-corrected chi connectivity index (χ3v) is 3.92. The van der Waals surface area contributed by atoms with Crippen molar-refractivity contribution < 1.29 is 9.53 Å². The fourth-order valence-corrected chi connectivity index (χ4v) is 2.63. The number of rotatable bonds is 5. The number of aromatic nitrogens is 2. The molecule has 7 heteroatoms. The van der Waals surface area contributed by atoms with E-state index in [1.165, 1.54) is 4.57 Å². The van der Waals surface area contributed by atoms with E-state index in [0.717, 1.165) is 11.3 Å². The summed E-state index contributed by atoms with van der Waals surface area (Å²) in [6.07, 6.45) is 0.405. The highest BCUT2D eigenvalue weighted by Crippen LogP contribution is 2.15. The van der Waals surface area contributed by atoms with Crippen molar-refractivity contribution in [1.29, 1.82) is 0 Å². The Balaban J connectivity index is 2.08. The van der Waals surface area contributed by atoms with Gasteiger partial charge in [-0.25, -0.2) is 10.8 Å². The van der Waals surface area contributed by atoms with Crippen LogP contribution < -0.4 is 21.6 Å². The normalized spacial score (nSPS) is 10.6. The number of carbonyl (C=O) groups is 1. The van der Waals surface area contributed by atoms with E-state index in [0.29, 0.717) is 23.1 Å². The molecule has 0 spiro atoms. The van der Waals surface area contributed by atoms with Gasteiger partial charge in [-0.3, -0.25) is 19.6 Å². The van der Waals surface area contributed by atoms with E-state index in [9.17, 15) is 9.59 Å². The molecule has 1 amide bonds. The minimum absolute atomic E-state index is 0.182. The Hall–Kier alpha value is -3.19. The van der Waals surface area contributed by atoms with Crippen molar-refractivity contribution in [3.05, 3.63) is 70.3 Å². The number of para-hydroxylation sites is 1. The van der Waals surface area contributed by atoms with Crippen LogP contribution in [-0.4, -0.2) is 22.6 Å². The number of carbonyl (C=O) groups excluding carboxylic acids is 1. The van der Waals surface area contributed by atoms with Crippen LogP contribution in [0.15, 0.2) is 53.3 Å². The zero-order valence-corrected chi connectivity index (χ0v) is 13.7. The number of nitrogens with zero attached hydrogens (tertiary/aromatic N) is 2. The Morgan fingerprint density at radius 2 is 1.92 bits per heavy atom. The van der Waals surface area contributed by atoms with Crippen LogP contribution in [0, 0.1) is 0 Å². The maximum Gasteiger partial charge on any atom is 0.261 e. The van der Waals surface area contributed by atoms with Gasteiger partial charge in [0.2, 0.25) is 0 Å². The number of ether oxygens (including phenoxy) is 1. The highest BCUT2D eigenvalue weighted by molar-refractivity contribution is 5.79. The van der Waals surface area contributed by atoms with Crippen molar-refractivity contribution in [1.82, 2.24) is 15.0 Å². The first-order chi connectivity index (χ1) is 12.1. The maximum atomic E-state index is 12.8. The van der Waals surface area contributed by atoms with Crippen LogP contribution in [0.1, 0.15) is 11.4 Å². The molecular formula is C18H18N4O3. The summed E-state index contributed by atoms with van der Waals surface area (Å²) in [6.45, 7) is -0.182. The molecule has 7 nitrogen and oxygen atoms in total. The van der Waals surface area contributed by atoms with Crippen LogP contribution in [0.3, 0.4) is 0 Å². The number of hydrogen-bond donors (Lipinski definition) is 2. The van der Waals surface area contributed by atoms with E-state index in [1.54, 1.807) is 25.3 Å². The molecule has 2 aromatic carbocycles. The van der Waals surface area contributed by atoms with Crippen molar-refractivity contribution in [2.75, 3.05) is 7.11 Å². The van der Waals surface area contributed by atoms with Gasteiger partial charge < -0.3 is 4.74 Å². The zero-order chi connectivity index (χ0) is 17.8. The second-order valence-corrected chi connectivity index (χ2v) is 5.53. The second-order valence-electron chi connectivity index (χ2n) is 5.53. The van der Waals surface area contributed by atoms with Gasteiger partial charge in [0.05, 0.1) is 18.0 Å². The lowest BCUT2D eigenvalue weighted by atomic mass is 10.1. The Morgan fingerprint density at radius 1 is 1.20 bits per heavy atom. The summed E-state index contributed by atoms with van der Waals surface area (Å²) in [6, 6.07) is 14.5. The summed E-state index contributed by atoms with van der Waals surface area (Å²) in [5, 5.41) is 0.464. The summed E-state index contributed by atoms with van der Waals surface area (Å²) in [7, 11) is 1.60. The topological polar surface area (TPSA) is 99.2 Å². The Kier molecular flexibility index (Phi) is 4.76. The minimum Gasteiger partial charge on any atom is -0.497 e. The molecule has 3 N–H and O–H groups in total. The number of nitrogens with two attached hydrogens (primary N) is 1. The molecule has 0 atom stereocenters. The number of fused-ring (bicyclic) bond motifs is 1. The van der Waals surface area contributed by atoms with Crippen molar-refractivity contribution in [2.45, 2.75) is 13.0 Å². The molecule has 3 aromatic rings. The predicted molar refractivity (Wildman–Crippen MR) is 94.1 cm³/mol. The molecular weight excluding hydrogens is 320 g/mol. The van der Waals surface area contributed by atoms with Crippen LogP contribution in [0.2, 0.25) is 0 Å². The Morgan fingerprint density at radius 3 is 2.60 bits per heavy atom. The standard InChI is InChI=1S/C18H18N4O3/c1-25-13-8-6-12(7-9-13)10-16-20-15-5-3-2-4-14(15)18(24)22(16)11-17(23)21-19/h2-9H,10-11,19H2,1H3,(H,21,23). The molecule has 128 valence electrons. The van der Waals surface area contributed by atoms with Crippen LogP contribution in [-0.2, 0) is 17.8 Å². The maximum absolute atomic E-state index is 12.8. The highest BCUT2D eigenvalue weighted by atomic mass is 16.5. The molecule has 0 saturated carbocycles. The lowest BCUT2D eigenvalue weighted by Gasteiger charge is -2.13. The van der Waals surface area contributed by atoms with E-state index in [2.05, 4.69) is 10.4 Å². The Bertz CT molecular complexity index is 964. The second kappa shape index (κ2) is 7.14. The SMILES string of the molecule is COc1ccc(Cc2nc3ccccc3c(=O)n2CC(=O)NN)cc1. The van der Waals surface area contributed by atoms with E-state index < -0.39 is 5.91 Å². The van der Waals surface area contributed by atoms with Gasteiger partial charge in [-0.05, 0) is 29.8 Å². The monoisotopic (exact) mass is 338 g/mol. The number of amides is 1. The fourth-order valence-electron chi connectivity index (χ4n) is 2.63. The minimum atomic E-state index is -0.463. The third-order valence-electron chi connectivity index (χ3n) is 3.92. The van der Waals surface area contributed by atoms with Gasteiger partial charge >= 0.3 is 0 Å². The van der Waals surface area contributed by atoms with Crippen LogP contribution in [0.25, 0.3) is 10.9 Å². The molecule has 0 aliphatic rings. The molecule has 1 heterocycles. The quantitative estimate of drug-likeness (QED) is 0.410. The summed E-state index contributed by atoms with van der Waals surface area (Å²) in [5.41, 5.74) is 3.33. The highest BCUT2D eigenvalue weighted by Gasteiger charge is 2.14. The molecule has 0 saturated heterocycles. The number of methoxy groups -OCH3 is 1. The van der Waals surface area contributed by atoms with Crippen molar-refractivity contribution in [2.24, 2.45) is 5.84 Å². The zero-order valence-electron chi connectivity index (χ0n) is 13.7. The first kappa shape index (κ1) is 16.7. The number of benzene rings is 2. The first-order valence-corrected chi connectivity index (χ1v) is 7.73. The van der Waals surface area contributed by atoms with Crippen LogP contribution in [0.4, 0.5) is 0 Å². The molecule has 0 unspecified atom stereocenters. The van der Waals surface area contributed by atoms with Gasteiger partial charge in [-0.2, -0.15) is 0 Å². The summed E-state index contributed by atoms with van der Waals surface area (Å²) in [5.74, 6) is 5.95. The number of hydrogen-bond acceptors (Lipinski definition) is 5.